The molecule has 12 heteroatoms. The van der Waals surface area contributed by atoms with Gasteiger partial charge in [0.25, 0.3) is 0 Å². The Morgan fingerprint density at radius 2 is 1.84 bits per heavy atom. The second-order valence-electron chi connectivity index (χ2n) is 5.71. The molecule has 0 aromatic heterocycles. The van der Waals surface area contributed by atoms with Crippen LogP contribution in [0.15, 0.2) is 0 Å². The van der Waals surface area contributed by atoms with Crippen molar-refractivity contribution in [2.45, 2.75) is 37.6 Å². The van der Waals surface area contributed by atoms with E-state index in [0.717, 1.165) is 0 Å². The van der Waals surface area contributed by atoms with Gasteiger partial charge < -0.3 is 37.4 Å². The number of carboxylic acids is 1. The first-order chi connectivity index (χ1) is 11.6. The summed E-state index contributed by atoms with van der Waals surface area (Å²) < 4.78 is 0. The highest BCUT2D eigenvalue weighted by Gasteiger charge is 2.22. The lowest BCUT2D eigenvalue weighted by atomic mass is 10.2. The molecule has 25 heavy (non-hydrogen) atoms. The molecule has 0 fully saturated rings. The zero-order valence-corrected chi connectivity index (χ0v) is 14.3. The number of aliphatic carboxylic acids is 1. The van der Waals surface area contributed by atoms with Gasteiger partial charge in [-0.25, -0.2) is 14.6 Å². The van der Waals surface area contributed by atoms with Gasteiger partial charge in [-0.3, -0.25) is 10.2 Å². The van der Waals surface area contributed by atoms with Crippen molar-refractivity contribution in [3.63, 3.8) is 0 Å². The zero-order chi connectivity index (χ0) is 19.6. The summed E-state index contributed by atoms with van der Waals surface area (Å²) in [7, 11) is 1.64. The van der Waals surface area contributed by atoms with Crippen LogP contribution >= 0.6 is 0 Å². The number of hydrogen-bond donors (Lipinski definition) is 8. The van der Waals surface area contributed by atoms with Crippen LogP contribution in [0.4, 0.5) is 4.79 Å². The summed E-state index contributed by atoms with van der Waals surface area (Å²) in [4.78, 5) is 33.7. The van der Waals surface area contributed by atoms with Gasteiger partial charge in [0, 0.05) is 32.6 Å². The van der Waals surface area contributed by atoms with E-state index in [0.29, 0.717) is 0 Å². The fourth-order valence-electron chi connectivity index (χ4n) is 1.80. The quantitative estimate of drug-likeness (QED) is 0.159. The van der Waals surface area contributed by atoms with Crippen LogP contribution in [0.1, 0.15) is 13.3 Å². The topological polar surface area (TPSA) is 203 Å². The van der Waals surface area contributed by atoms with Crippen molar-refractivity contribution < 1.29 is 29.7 Å². The first kappa shape index (κ1) is 23.0. The Hall–Kier alpha value is -1.99. The van der Waals surface area contributed by atoms with Crippen LogP contribution in [-0.4, -0.2) is 89.2 Å². The molecule has 3 amide bonds. The predicted molar refractivity (Wildman–Crippen MR) is 88.1 cm³/mol. The summed E-state index contributed by atoms with van der Waals surface area (Å²) >= 11 is 0. The molecule has 0 aliphatic carbocycles. The molecule has 0 aliphatic rings. The van der Waals surface area contributed by atoms with Crippen molar-refractivity contribution in [1.82, 2.24) is 21.1 Å². The Bertz CT molecular complexity index is 449. The van der Waals surface area contributed by atoms with Crippen LogP contribution in [-0.2, 0) is 9.59 Å². The lowest BCUT2D eigenvalue weighted by Crippen LogP contribution is -2.55. The van der Waals surface area contributed by atoms with Gasteiger partial charge in [0.15, 0.2) is 6.04 Å². The minimum absolute atomic E-state index is 0.153. The first-order valence-electron chi connectivity index (χ1n) is 7.64. The van der Waals surface area contributed by atoms with E-state index >= 15 is 0 Å². The summed E-state index contributed by atoms with van der Waals surface area (Å²) in [5.74, 6) is -2.05. The maximum absolute atomic E-state index is 11.8. The van der Waals surface area contributed by atoms with Crippen LogP contribution in [0.5, 0.6) is 0 Å². The molecule has 0 aromatic carbocycles. The molecule has 0 aliphatic heterocycles. The van der Waals surface area contributed by atoms with E-state index in [9.17, 15) is 19.5 Å². The molecule has 0 spiro atoms. The number of nitrogens with one attached hydrogen (secondary N) is 3. The Balaban J connectivity index is 4.60. The molecular formula is C13H28N6O6. The third-order valence-electron chi connectivity index (χ3n) is 3.28. The molecular weight excluding hydrogens is 336 g/mol. The highest BCUT2D eigenvalue weighted by Crippen LogP contribution is 1.95. The summed E-state index contributed by atoms with van der Waals surface area (Å²) in [5.41, 5.74) is 13.7. The minimum atomic E-state index is -1.46. The monoisotopic (exact) mass is 364 g/mol. The van der Waals surface area contributed by atoms with Crippen molar-refractivity contribution in [3.8, 4) is 0 Å². The average Bonchev–Trinajstić information content (AvgIpc) is 2.48. The Labute approximate surface area is 145 Å². The standard InChI is InChI=1S/C13H28N6O6/c1-7(21)9(14)4-16-19(2)5-8(3-11(15)22)17-13(25)18-10(6-20)12(23)24/h7-10,16,20-21H,3-6,14H2,1-2H3,(H2,15,22)(H,23,24)(H2,17,18,25)/t7?,8-,9+,10-/m0/s1. The fraction of sp³-hybridized carbons (Fsp3) is 0.769. The second kappa shape index (κ2) is 11.5. The van der Waals surface area contributed by atoms with Crippen LogP contribution in [0.2, 0.25) is 0 Å². The molecule has 0 saturated carbocycles. The van der Waals surface area contributed by atoms with Gasteiger partial charge in [-0.2, -0.15) is 0 Å². The summed E-state index contributed by atoms with van der Waals surface area (Å²) in [6.45, 7) is 1.19. The largest absolute Gasteiger partial charge is 0.480 e. The molecule has 4 atom stereocenters. The van der Waals surface area contributed by atoms with E-state index in [2.05, 4.69) is 16.1 Å². The smallest absolute Gasteiger partial charge is 0.328 e. The molecule has 0 radical (unpaired) electrons. The van der Waals surface area contributed by atoms with E-state index in [1.54, 1.807) is 19.0 Å². The highest BCUT2D eigenvalue weighted by molar-refractivity contribution is 5.83. The van der Waals surface area contributed by atoms with Gasteiger partial charge in [0.05, 0.1) is 18.8 Å². The number of amides is 3. The van der Waals surface area contributed by atoms with E-state index in [1.807, 2.05) is 0 Å². The third kappa shape index (κ3) is 10.5. The number of urea groups is 1. The Morgan fingerprint density at radius 3 is 2.28 bits per heavy atom. The molecule has 146 valence electrons. The number of aliphatic hydroxyl groups excluding tert-OH is 2. The molecule has 10 N–H and O–H groups in total. The van der Waals surface area contributed by atoms with Crippen molar-refractivity contribution in [3.05, 3.63) is 0 Å². The fourth-order valence-corrected chi connectivity index (χ4v) is 1.80. The van der Waals surface area contributed by atoms with E-state index in [-0.39, 0.29) is 19.5 Å². The van der Waals surface area contributed by atoms with E-state index in [1.165, 1.54) is 0 Å². The zero-order valence-electron chi connectivity index (χ0n) is 14.3. The molecule has 1 unspecified atom stereocenters. The van der Waals surface area contributed by atoms with Crippen molar-refractivity contribution in [1.29, 1.82) is 0 Å². The highest BCUT2D eigenvalue weighted by atomic mass is 16.4. The molecule has 0 bridgehead atoms. The number of carbonyl (C=O) groups excluding carboxylic acids is 2. The van der Waals surface area contributed by atoms with E-state index in [4.69, 9.17) is 21.7 Å². The number of rotatable bonds is 12. The van der Waals surface area contributed by atoms with Gasteiger partial charge in [-0.15, -0.1) is 0 Å². The predicted octanol–water partition coefficient (Wildman–Crippen LogP) is -3.88. The number of nitrogens with zero attached hydrogens (tertiary/aromatic N) is 1. The number of carboxylic acid groups (broad SMARTS) is 1. The second-order valence-corrected chi connectivity index (χ2v) is 5.71. The van der Waals surface area contributed by atoms with Crippen molar-refractivity contribution in [2.75, 3.05) is 26.7 Å². The minimum Gasteiger partial charge on any atom is -0.480 e. The van der Waals surface area contributed by atoms with Crippen molar-refractivity contribution in [2.24, 2.45) is 11.5 Å². The lowest BCUT2D eigenvalue weighted by molar-refractivity contribution is -0.140. The molecule has 0 rings (SSSR count). The number of hydrogen-bond acceptors (Lipinski definition) is 8. The van der Waals surface area contributed by atoms with Crippen LogP contribution < -0.4 is 27.5 Å². The number of nitrogens with two attached hydrogens (primary N) is 2. The number of aliphatic hydroxyl groups is 2. The number of hydrazine groups is 1. The van der Waals surface area contributed by atoms with Gasteiger partial charge in [-0.05, 0) is 6.92 Å². The average molecular weight is 364 g/mol. The molecule has 0 saturated heterocycles. The number of carbonyl (C=O) groups is 3. The normalized spacial score (nSPS) is 15.9. The number of primary amides is 1. The van der Waals surface area contributed by atoms with Gasteiger partial charge in [0.2, 0.25) is 5.91 Å². The van der Waals surface area contributed by atoms with Crippen molar-refractivity contribution >= 4 is 17.9 Å². The van der Waals surface area contributed by atoms with E-state index < -0.39 is 48.7 Å². The van der Waals surface area contributed by atoms with Crippen LogP contribution in [0, 0.1) is 0 Å². The maximum atomic E-state index is 11.8. The van der Waals surface area contributed by atoms with Gasteiger partial charge >= 0.3 is 12.0 Å². The summed E-state index contributed by atoms with van der Waals surface area (Å²) in [6.07, 6.45) is -0.892. The van der Waals surface area contributed by atoms with Crippen LogP contribution in [0.25, 0.3) is 0 Å². The first-order valence-corrected chi connectivity index (χ1v) is 7.64. The molecule has 12 nitrogen and oxygen atoms in total. The maximum Gasteiger partial charge on any atom is 0.328 e. The molecule has 0 heterocycles. The SMILES string of the molecule is CC(O)[C@H](N)CNN(C)C[C@H](CC(N)=O)NC(=O)N[C@@H](CO)C(=O)O. The summed E-state index contributed by atoms with van der Waals surface area (Å²) in [5, 5.41) is 33.0. The Kier molecular flexibility index (Phi) is 10.6. The lowest BCUT2D eigenvalue weighted by Gasteiger charge is -2.27. The Morgan fingerprint density at radius 1 is 1.24 bits per heavy atom. The van der Waals surface area contributed by atoms with Crippen LogP contribution in [0.3, 0.4) is 0 Å². The van der Waals surface area contributed by atoms with Gasteiger partial charge in [-0.1, -0.05) is 0 Å². The third-order valence-corrected chi connectivity index (χ3v) is 3.28. The van der Waals surface area contributed by atoms with Gasteiger partial charge in [0.1, 0.15) is 0 Å². The summed E-state index contributed by atoms with van der Waals surface area (Å²) in [6, 6.07) is -3.55. The number of likely N-dealkylation sites (N-methyl/N-ethyl adjacent to an activating group) is 1. The molecule has 0 aromatic rings.